The molecule has 0 spiro atoms. The lowest BCUT2D eigenvalue weighted by molar-refractivity contribution is -0.149. The van der Waals surface area contributed by atoms with Crippen molar-refractivity contribution in [3.05, 3.63) is 24.3 Å². The van der Waals surface area contributed by atoms with Crippen LogP contribution in [0.2, 0.25) is 0 Å². The highest BCUT2D eigenvalue weighted by atomic mass is 17.1. The summed E-state index contributed by atoms with van der Waals surface area (Å²) >= 11 is 0. The van der Waals surface area contributed by atoms with Crippen LogP contribution < -0.4 is 9.62 Å². The van der Waals surface area contributed by atoms with E-state index in [4.69, 9.17) is 19.5 Å². The van der Waals surface area contributed by atoms with Gasteiger partial charge in [0, 0.05) is 19.8 Å². The monoisotopic (exact) mass is 351 g/mol. The van der Waals surface area contributed by atoms with E-state index in [0.29, 0.717) is 12.2 Å². The molecule has 0 fully saturated rings. The van der Waals surface area contributed by atoms with Crippen LogP contribution in [0.1, 0.15) is 39.0 Å². The molecule has 7 nitrogen and oxygen atoms in total. The number of benzene rings is 1. The number of esters is 1. The molecule has 1 aromatic carbocycles. The van der Waals surface area contributed by atoms with Gasteiger partial charge in [0.25, 0.3) is 0 Å². The highest BCUT2D eigenvalue weighted by molar-refractivity contribution is 5.76. The molecule has 0 amide bonds. The Balaban J connectivity index is 2.01. The molecule has 2 atom stereocenters. The zero-order chi connectivity index (χ0) is 18.1. The van der Waals surface area contributed by atoms with Crippen molar-refractivity contribution in [1.29, 1.82) is 0 Å². The Kier molecular flexibility index (Phi) is 7.53. The summed E-state index contributed by atoms with van der Waals surface area (Å²) in [4.78, 5) is 20.3. The van der Waals surface area contributed by atoms with E-state index in [1.165, 1.54) is 6.92 Å². The number of rotatable bonds is 7. The zero-order valence-corrected chi connectivity index (χ0v) is 14.6. The van der Waals surface area contributed by atoms with Gasteiger partial charge in [0.05, 0.1) is 13.2 Å². The number of methoxy groups -OCH3 is 1. The first-order valence-corrected chi connectivity index (χ1v) is 8.43. The van der Waals surface area contributed by atoms with Gasteiger partial charge in [-0.15, -0.1) is 0 Å². The smallest absolute Gasteiger partial charge is 0.303 e. The van der Waals surface area contributed by atoms with E-state index < -0.39 is 6.10 Å². The lowest BCUT2D eigenvalue weighted by atomic mass is 10.0. The van der Waals surface area contributed by atoms with Gasteiger partial charge in [-0.3, -0.25) is 9.79 Å². The standard InChI is InChI=1S/C18H25NO6/c1-13(20)24-15(11-14-7-3-6-10-18(19-14)22-2)12-23-16-8-4-5-9-17(16)25-21/h4-5,8-9,14-15,21H,3,6-7,10-12H2,1-2H3. The van der Waals surface area contributed by atoms with Crippen LogP contribution in [0.25, 0.3) is 0 Å². The topological polar surface area (TPSA) is 86.6 Å². The Bertz CT molecular complexity index is 589. The number of hydrogen-bond donors (Lipinski definition) is 1. The van der Waals surface area contributed by atoms with Crippen LogP contribution in [0, 0.1) is 0 Å². The number of aliphatic imine (C=N–C) groups is 1. The van der Waals surface area contributed by atoms with Gasteiger partial charge in [-0.1, -0.05) is 18.6 Å². The molecule has 0 aliphatic carbocycles. The van der Waals surface area contributed by atoms with E-state index in [2.05, 4.69) is 9.88 Å². The van der Waals surface area contributed by atoms with Crippen LogP contribution in [0.3, 0.4) is 0 Å². The third kappa shape index (κ3) is 6.26. The van der Waals surface area contributed by atoms with E-state index >= 15 is 0 Å². The van der Waals surface area contributed by atoms with Crippen molar-refractivity contribution in [2.24, 2.45) is 4.99 Å². The van der Waals surface area contributed by atoms with Gasteiger partial charge in [-0.2, -0.15) is 0 Å². The molecule has 2 rings (SSSR count). The molecule has 0 bridgehead atoms. The maximum atomic E-state index is 11.4. The first-order valence-electron chi connectivity index (χ1n) is 8.43. The number of hydrogen-bond acceptors (Lipinski definition) is 7. The molecule has 0 saturated carbocycles. The molecule has 1 N–H and O–H groups in total. The second kappa shape index (κ2) is 9.88. The fourth-order valence-electron chi connectivity index (χ4n) is 2.83. The van der Waals surface area contributed by atoms with Gasteiger partial charge < -0.3 is 19.1 Å². The second-order valence-electron chi connectivity index (χ2n) is 5.94. The van der Waals surface area contributed by atoms with Crippen LogP contribution in [0.4, 0.5) is 0 Å². The number of ether oxygens (including phenoxy) is 3. The van der Waals surface area contributed by atoms with Gasteiger partial charge in [-0.25, -0.2) is 5.26 Å². The van der Waals surface area contributed by atoms with Crippen molar-refractivity contribution in [3.8, 4) is 11.5 Å². The molecule has 1 aliphatic rings. The van der Waals surface area contributed by atoms with Crippen LogP contribution in [0.5, 0.6) is 11.5 Å². The van der Waals surface area contributed by atoms with Crippen LogP contribution >= 0.6 is 0 Å². The molecule has 1 aromatic rings. The Hall–Kier alpha value is -2.28. The highest BCUT2D eigenvalue weighted by Gasteiger charge is 2.22. The molecule has 1 heterocycles. The first-order chi connectivity index (χ1) is 12.1. The molecule has 138 valence electrons. The minimum absolute atomic E-state index is 0.0229. The third-order valence-corrected chi connectivity index (χ3v) is 3.98. The van der Waals surface area contributed by atoms with Gasteiger partial charge in [-0.05, 0) is 25.0 Å². The zero-order valence-electron chi connectivity index (χ0n) is 14.6. The summed E-state index contributed by atoms with van der Waals surface area (Å²) in [6.45, 7) is 1.52. The summed E-state index contributed by atoms with van der Waals surface area (Å²) in [6.07, 6.45) is 3.95. The van der Waals surface area contributed by atoms with Gasteiger partial charge in [0.2, 0.25) is 5.75 Å². The van der Waals surface area contributed by atoms with Crippen LogP contribution in [-0.4, -0.2) is 43.0 Å². The van der Waals surface area contributed by atoms with Crippen LogP contribution in [0.15, 0.2) is 29.3 Å². The largest absolute Gasteiger partial charge is 0.486 e. The second-order valence-corrected chi connectivity index (χ2v) is 5.94. The average molecular weight is 351 g/mol. The summed E-state index contributed by atoms with van der Waals surface area (Å²) in [7, 11) is 1.62. The number of carbonyl (C=O) groups excluding carboxylic acids is 1. The Morgan fingerprint density at radius 3 is 2.76 bits per heavy atom. The lowest BCUT2D eigenvalue weighted by Crippen LogP contribution is -2.28. The van der Waals surface area contributed by atoms with Crippen molar-refractivity contribution in [2.75, 3.05) is 13.7 Å². The van der Waals surface area contributed by atoms with E-state index in [0.717, 1.165) is 31.6 Å². The molecule has 0 radical (unpaired) electrons. The van der Waals surface area contributed by atoms with Crippen molar-refractivity contribution in [1.82, 2.24) is 0 Å². The molecule has 0 saturated heterocycles. The molecule has 0 aromatic heterocycles. The maximum Gasteiger partial charge on any atom is 0.303 e. The Labute approximate surface area is 147 Å². The first kappa shape index (κ1) is 19.1. The van der Waals surface area contributed by atoms with E-state index in [-0.39, 0.29) is 24.4 Å². The lowest BCUT2D eigenvalue weighted by Gasteiger charge is -2.21. The molecular weight excluding hydrogens is 326 g/mol. The summed E-state index contributed by atoms with van der Waals surface area (Å²) in [5.41, 5.74) is 0. The Morgan fingerprint density at radius 2 is 2.08 bits per heavy atom. The molecule has 7 heteroatoms. The number of nitrogens with zero attached hydrogens (tertiary/aromatic N) is 1. The summed E-state index contributed by atoms with van der Waals surface area (Å²) in [5, 5.41) is 8.88. The molecular formula is C18H25NO6. The Morgan fingerprint density at radius 1 is 1.32 bits per heavy atom. The number of para-hydroxylation sites is 2. The quantitative estimate of drug-likeness (QED) is 0.461. The van der Waals surface area contributed by atoms with Gasteiger partial charge in [0.1, 0.15) is 12.7 Å². The highest BCUT2D eigenvalue weighted by Crippen LogP contribution is 2.26. The maximum absolute atomic E-state index is 11.4. The van der Waals surface area contributed by atoms with Crippen molar-refractivity contribution in [3.63, 3.8) is 0 Å². The summed E-state index contributed by atoms with van der Waals surface area (Å²) in [5.74, 6) is 0.955. The SMILES string of the molecule is COC1=NC(CC(COc2ccccc2OO)OC(C)=O)CCCC1. The van der Waals surface area contributed by atoms with E-state index in [9.17, 15) is 4.79 Å². The van der Waals surface area contributed by atoms with Gasteiger partial charge >= 0.3 is 5.97 Å². The van der Waals surface area contributed by atoms with Crippen molar-refractivity contribution in [2.45, 2.75) is 51.2 Å². The van der Waals surface area contributed by atoms with Crippen LogP contribution in [-0.2, 0) is 14.3 Å². The summed E-state index contributed by atoms with van der Waals surface area (Å²) < 4.78 is 16.3. The predicted molar refractivity (Wildman–Crippen MR) is 92.1 cm³/mol. The number of carbonyl (C=O) groups is 1. The van der Waals surface area contributed by atoms with E-state index in [1.54, 1.807) is 31.4 Å². The molecule has 25 heavy (non-hydrogen) atoms. The summed E-state index contributed by atoms with van der Waals surface area (Å²) in [6, 6.07) is 6.75. The average Bonchev–Trinajstić information content (AvgIpc) is 2.84. The van der Waals surface area contributed by atoms with Crippen molar-refractivity contribution >= 4 is 11.9 Å². The van der Waals surface area contributed by atoms with E-state index in [1.807, 2.05) is 0 Å². The van der Waals surface area contributed by atoms with Crippen molar-refractivity contribution < 1.29 is 29.1 Å². The predicted octanol–water partition coefficient (Wildman–Crippen LogP) is 3.23. The molecule has 2 unspecified atom stereocenters. The molecule has 1 aliphatic heterocycles. The fourth-order valence-corrected chi connectivity index (χ4v) is 2.83. The van der Waals surface area contributed by atoms with Gasteiger partial charge in [0.15, 0.2) is 11.6 Å². The fraction of sp³-hybridized carbons (Fsp3) is 0.556. The minimum Gasteiger partial charge on any atom is -0.486 e. The normalized spacial score (nSPS) is 18.5. The minimum atomic E-state index is -0.450. The third-order valence-electron chi connectivity index (χ3n) is 3.98.